The Balaban J connectivity index is 1.67. The Morgan fingerprint density at radius 1 is 0.909 bits per heavy atom. The average Bonchev–Trinajstić information content (AvgIpc) is 3.15. The summed E-state index contributed by atoms with van der Waals surface area (Å²) in [6.07, 6.45) is 18.4. The molecule has 5 nitrogen and oxygen atoms in total. The molecule has 186 valence electrons. The zero-order valence-corrected chi connectivity index (χ0v) is 22.2. The number of carbonyl (C=O) groups is 2. The standard InChI is InChI=1S/C26H42N2O3S2/c1-3-5-6-7-8-9-10-11-12-13-14-19-22(29)27-26(32)28-24-23(25(30)31-4-2)20-17-15-16-18-21(20)33-24/h3-19H2,1-2H3,(H2,27,28,29,32). The summed E-state index contributed by atoms with van der Waals surface area (Å²) in [6.45, 7) is 4.40. The molecule has 1 aliphatic rings. The number of hydrogen-bond donors (Lipinski definition) is 2. The first-order chi connectivity index (χ1) is 16.1. The van der Waals surface area contributed by atoms with Crippen molar-refractivity contribution in [2.24, 2.45) is 0 Å². The van der Waals surface area contributed by atoms with Crippen LogP contribution in [0.15, 0.2) is 0 Å². The van der Waals surface area contributed by atoms with Crippen molar-refractivity contribution in [2.75, 3.05) is 11.9 Å². The van der Waals surface area contributed by atoms with E-state index in [0.717, 1.165) is 44.1 Å². The van der Waals surface area contributed by atoms with E-state index in [9.17, 15) is 9.59 Å². The molecule has 0 bridgehead atoms. The highest BCUT2D eigenvalue weighted by molar-refractivity contribution is 7.80. The molecule has 0 fully saturated rings. The number of aryl methyl sites for hydroxylation is 1. The van der Waals surface area contributed by atoms with Gasteiger partial charge in [0.2, 0.25) is 5.91 Å². The molecule has 1 heterocycles. The number of unbranched alkanes of at least 4 members (excludes halogenated alkanes) is 10. The molecule has 1 aliphatic carbocycles. The van der Waals surface area contributed by atoms with Crippen LogP contribution in [-0.4, -0.2) is 23.6 Å². The van der Waals surface area contributed by atoms with Crippen LogP contribution >= 0.6 is 23.6 Å². The number of thiophene rings is 1. The lowest BCUT2D eigenvalue weighted by molar-refractivity contribution is -0.119. The Bertz CT molecular complexity index is 761. The normalized spacial score (nSPS) is 12.8. The molecule has 0 saturated heterocycles. The summed E-state index contributed by atoms with van der Waals surface area (Å²) in [5.74, 6) is -0.378. The fourth-order valence-corrected chi connectivity index (χ4v) is 5.91. The van der Waals surface area contributed by atoms with E-state index in [4.69, 9.17) is 17.0 Å². The van der Waals surface area contributed by atoms with E-state index in [1.807, 2.05) is 6.92 Å². The van der Waals surface area contributed by atoms with Gasteiger partial charge in [-0.2, -0.15) is 0 Å². The number of rotatable bonds is 15. The lowest BCUT2D eigenvalue weighted by Crippen LogP contribution is -2.34. The highest BCUT2D eigenvalue weighted by atomic mass is 32.1. The average molecular weight is 495 g/mol. The van der Waals surface area contributed by atoms with Crippen LogP contribution in [0.1, 0.15) is 125 Å². The maximum atomic E-state index is 12.5. The number of anilines is 1. The van der Waals surface area contributed by atoms with E-state index in [-0.39, 0.29) is 17.0 Å². The molecule has 0 saturated carbocycles. The summed E-state index contributed by atoms with van der Waals surface area (Å²) in [6, 6.07) is 0. The van der Waals surface area contributed by atoms with E-state index in [1.54, 1.807) is 11.3 Å². The van der Waals surface area contributed by atoms with Gasteiger partial charge in [-0.1, -0.05) is 71.1 Å². The Labute approximate surface area is 209 Å². The van der Waals surface area contributed by atoms with Gasteiger partial charge in [-0.15, -0.1) is 11.3 Å². The van der Waals surface area contributed by atoms with E-state index in [2.05, 4.69) is 17.6 Å². The second kappa shape index (κ2) is 16.2. The number of carbonyl (C=O) groups excluding carboxylic acids is 2. The van der Waals surface area contributed by atoms with Crippen molar-refractivity contribution in [3.05, 3.63) is 16.0 Å². The zero-order chi connectivity index (χ0) is 23.9. The first kappa shape index (κ1) is 27.8. The predicted octanol–water partition coefficient (Wildman–Crippen LogP) is 7.32. The van der Waals surface area contributed by atoms with Crippen molar-refractivity contribution >= 4 is 45.5 Å². The first-order valence-electron chi connectivity index (χ1n) is 13.0. The molecule has 33 heavy (non-hydrogen) atoms. The summed E-state index contributed by atoms with van der Waals surface area (Å²) in [4.78, 5) is 26.1. The molecule has 1 amide bonds. The van der Waals surface area contributed by atoms with Gasteiger partial charge in [-0.3, -0.25) is 4.79 Å². The molecule has 0 spiro atoms. The third-order valence-corrected chi connectivity index (χ3v) is 7.55. The van der Waals surface area contributed by atoms with Crippen LogP contribution in [0.5, 0.6) is 0 Å². The maximum absolute atomic E-state index is 12.5. The monoisotopic (exact) mass is 494 g/mol. The summed E-state index contributed by atoms with van der Waals surface area (Å²) in [7, 11) is 0. The first-order valence-corrected chi connectivity index (χ1v) is 14.2. The van der Waals surface area contributed by atoms with Gasteiger partial charge in [0, 0.05) is 11.3 Å². The molecule has 0 unspecified atom stereocenters. The smallest absolute Gasteiger partial charge is 0.341 e. The molecule has 0 aliphatic heterocycles. The molecule has 2 rings (SSSR count). The number of esters is 1. The van der Waals surface area contributed by atoms with Gasteiger partial charge in [-0.25, -0.2) is 4.79 Å². The molecule has 2 N–H and O–H groups in total. The van der Waals surface area contributed by atoms with Gasteiger partial charge in [0.25, 0.3) is 0 Å². The fraction of sp³-hybridized carbons (Fsp3) is 0.731. The minimum absolute atomic E-state index is 0.0672. The summed E-state index contributed by atoms with van der Waals surface area (Å²) < 4.78 is 5.28. The molecule has 0 radical (unpaired) electrons. The molecule has 1 aromatic rings. The zero-order valence-electron chi connectivity index (χ0n) is 20.6. The van der Waals surface area contributed by atoms with Gasteiger partial charge in [-0.05, 0) is 56.8 Å². The van der Waals surface area contributed by atoms with Gasteiger partial charge < -0.3 is 15.4 Å². The summed E-state index contributed by atoms with van der Waals surface area (Å²) in [5.41, 5.74) is 1.68. The number of thiocarbonyl (C=S) groups is 1. The summed E-state index contributed by atoms with van der Waals surface area (Å²) >= 11 is 6.92. The lowest BCUT2D eigenvalue weighted by atomic mass is 9.95. The molecular formula is C26H42N2O3S2. The van der Waals surface area contributed by atoms with Crippen molar-refractivity contribution in [3.63, 3.8) is 0 Å². The number of fused-ring (bicyclic) bond motifs is 1. The number of nitrogens with one attached hydrogen (secondary N) is 2. The van der Waals surface area contributed by atoms with E-state index < -0.39 is 0 Å². The predicted molar refractivity (Wildman–Crippen MR) is 142 cm³/mol. The molecule has 1 aromatic heterocycles. The van der Waals surface area contributed by atoms with Gasteiger partial charge >= 0.3 is 5.97 Å². The van der Waals surface area contributed by atoms with Gasteiger partial charge in [0.15, 0.2) is 5.11 Å². The van der Waals surface area contributed by atoms with E-state index >= 15 is 0 Å². The van der Waals surface area contributed by atoms with Crippen LogP contribution in [0, 0.1) is 0 Å². The summed E-state index contributed by atoms with van der Waals surface area (Å²) in [5, 5.41) is 6.83. The van der Waals surface area contributed by atoms with Crippen LogP contribution in [0.4, 0.5) is 5.00 Å². The van der Waals surface area contributed by atoms with Crippen molar-refractivity contribution in [2.45, 2.75) is 117 Å². The van der Waals surface area contributed by atoms with Gasteiger partial charge in [0.1, 0.15) is 5.00 Å². The van der Waals surface area contributed by atoms with Crippen LogP contribution in [0.3, 0.4) is 0 Å². The Morgan fingerprint density at radius 2 is 1.52 bits per heavy atom. The largest absolute Gasteiger partial charge is 0.462 e. The highest BCUT2D eigenvalue weighted by Gasteiger charge is 2.26. The van der Waals surface area contributed by atoms with Crippen LogP contribution < -0.4 is 10.6 Å². The lowest BCUT2D eigenvalue weighted by Gasteiger charge is -2.13. The van der Waals surface area contributed by atoms with Crippen molar-refractivity contribution in [1.82, 2.24) is 5.32 Å². The highest BCUT2D eigenvalue weighted by Crippen LogP contribution is 2.38. The van der Waals surface area contributed by atoms with E-state index in [0.29, 0.717) is 23.6 Å². The Morgan fingerprint density at radius 3 is 2.15 bits per heavy atom. The van der Waals surface area contributed by atoms with E-state index in [1.165, 1.54) is 62.7 Å². The van der Waals surface area contributed by atoms with Crippen LogP contribution in [0.25, 0.3) is 0 Å². The minimum Gasteiger partial charge on any atom is -0.462 e. The molecule has 0 aromatic carbocycles. The van der Waals surface area contributed by atoms with Gasteiger partial charge in [0.05, 0.1) is 12.2 Å². The third kappa shape index (κ3) is 10.1. The van der Waals surface area contributed by atoms with Crippen molar-refractivity contribution in [3.8, 4) is 0 Å². The van der Waals surface area contributed by atoms with Crippen molar-refractivity contribution in [1.29, 1.82) is 0 Å². The minimum atomic E-state index is -0.311. The van der Waals surface area contributed by atoms with Crippen LogP contribution in [-0.2, 0) is 22.4 Å². The quantitative estimate of drug-likeness (QED) is 0.152. The number of ether oxygens (including phenoxy) is 1. The topological polar surface area (TPSA) is 67.4 Å². The second-order valence-electron chi connectivity index (χ2n) is 8.92. The number of hydrogen-bond acceptors (Lipinski definition) is 5. The Hall–Kier alpha value is -1.47. The molecule has 0 atom stereocenters. The fourth-order valence-electron chi connectivity index (χ4n) is 4.35. The third-order valence-electron chi connectivity index (χ3n) is 6.14. The SMILES string of the molecule is CCCCCCCCCCCCCC(=O)NC(=S)Nc1sc2c(c1C(=O)OCC)CCCC2. The number of amides is 1. The Kier molecular flexibility index (Phi) is 13.6. The maximum Gasteiger partial charge on any atom is 0.341 e. The van der Waals surface area contributed by atoms with Crippen molar-refractivity contribution < 1.29 is 14.3 Å². The second-order valence-corrected chi connectivity index (χ2v) is 10.4. The molecular weight excluding hydrogens is 452 g/mol. The molecule has 7 heteroatoms. The van der Waals surface area contributed by atoms with Crippen LogP contribution in [0.2, 0.25) is 0 Å².